The summed E-state index contributed by atoms with van der Waals surface area (Å²) in [6.45, 7) is 0. The second-order valence-corrected chi connectivity index (χ2v) is 10.8. The van der Waals surface area contributed by atoms with Gasteiger partial charge in [0.1, 0.15) is 0 Å². The van der Waals surface area contributed by atoms with Gasteiger partial charge in [-0.2, -0.15) is 0 Å². The molecule has 4 aromatic carbocycles. The van der Waals surface area contributed by atoms with E-state index in [1.807, 2.05) is 0 Å². The lowest BCUT2D eigenvalue weighted by Gasteiger charge is -2.76. The second kappa shape index (κ2) is 4.79. The van der Waals surface area contributed by atoms with Crippen LogP contribution in [0.5, 0.6) is 0 Å². The van der Waals surface area contributed by atoms with Crippen molar-refractivity contribution in [3.63, 3.8) is 0 Å². The lowest BCUT2D eigenvalue weighted by Crippen LogP contribution is -2.74. The van der Waals surface area contributed by atoms with E-state index in [1.165, 1.54) is 25.7 Å². The molecule has 4 aliphatic rings. The second-order valence-electron chi connectivity index (χ2n) is 10.8. The number of hydrogen-bond acceptors (Lipinski definition) is 0. The summed E-state index contributed by atoms with van der Waals surface area (Å²) >= 11 is 0. The van der Waals surface area contributed by atoms with E-state index < -0.39 is 0 Å². The topological polar surface area (TPSA) is 0 Å². The SMILES string of the molecule is c1ccc2c(c1)C13CCC14c1ccccc1C1(CCC21c1ccccc13)c1ccccc14. The van der Waals surface area contributed by atoms with Crippen molar-refractivity contribution >= 4 is 0 Å². The predicted molar refractivity (Wildman–Crippen MR) is 127 cm³/mol. The molecule has 0 aliphatic heterocycles. The highest BCUT2D eigenvalue weighted by Crippen LogP contribution is 2.82. The van der Waals surface area contributed by atoms with Crippen molar-refractivity contribution in [3.05, 3.63) is 142 Å². The Labute approximate surface area is 188 Å². The highest BCUT2D eigenvalue weighted by molar-refractivity contribution is 5.80. The zero-order valence-electron chi connectivity index (χ0n) is 18.1. The standard InChI is InChI=1S/C32H24/c1-2-10-22-21(9-1)29-17-18-31(29)25-13-5-7-15-27(25)32(28-16-8-6-14-26(28)31)20-19-30(22,32)24-12-4-3-11-23(24)29/h1-16H,17-20H2. The van der Waals surface area contributed by atoms with Crippen LogP contribution in [0.25, 0.3) is 0 Å². The highest BCUT2D eigenvalue weighted by atomic mass is 14.8. The molecule has 4 spiro atoms. The van der Waals surface area contributed by atoms with Gasteiger partial charge in [-0.25, -0.2) is 0 Å². The molecule has 0 nitrogen and oxygen atoms in total. The van der Waals surface area contributed by atoms with Crippen molar-refractivity contribution in [2.45, 2.75) is 47.3 Å². The molecule has 0 saturated heterocycles. The van der Waals surface area contributed by atoms with Gasteiger partial charge in [0.25, 0.3) is 0 Å². The molecule has 0 N–H and O–H groups in total. The van der Waals surface area contributed by atoms with Gasteiger partial charge in [-0.15, -0.1) is 0 Å². The number of rotatable bonds is 0. The molecule has 8 rings (SSSR count). The summed E-state index contributed by atoms with van der Waals surface area (Å²) in [7, 11) is 0. The number of benzene rings is 4. The first kappa shape index (κ1) is 16.5. The van der Waals surface area contributed by atoms with Crippen LogP contribution in [0.2, 0.25) is 0 Å². The smallest absolute Gasteiger partial charge is 0.0346 e. The van der Waals surface area contributed by atoms with Crippen molar-refractivity contribution in [1.82, 2.24) is 0 Å². The predicted octanol–water partition coefficient (Wildman–Crippen LogP) is 6.76. The molecule has 152 valence electrons. The van der Waals surface area contributed by atoms with Gasteiger partial charge in [0.2, 0.25) is 0 Å². The normalized spacial score (nSPS) is 35.5. The summed E-state index contributed by atoms with van der Waals surface area (Å²) < 4.78 is 0. The summed E-state index contributed by atoms with van der Waals surface area (Å²) in [4.78, 5) is 0. The molecule has 4 aliphatic carbocycles. The van der Waals surface area contributed by atoms with Gasteiger partial charge in [-0.1, -0.05) is 97.1 Å². The molecule has 2 saturated carbocycles. The van der Waals surface area contributed by atoms with Crippen molar-refractivity contribution in [2.24, 2.45) is 0 Å². The van der Waals surface area contributed by atoms with Crippen LogP contribution in [-0.4, -0.2) is 0 Å². The average molecular weight is 409 g/mol. The summed E-state index contributed by atoms with van der Waals surface area (Å²) in [6.07, 6.45) is 4.92. The zero-order chi connectivity index (χ0) is 20.8. The largest absolute Gasteiger partial charge is 0.0619 e. The Morgan fingerprint density at radius 1 is 0.281 bits per heavy atom. The molecule has 0 unspecified atom stereocenters. The molecular weight excluding hydrogens is 384 g/mol. The van der Waals surface area contributed by atoms with Crippen LogP contribution in [0.15, 0.2) is 97.1 Å². The Morgan fingerprint density at radius 2 is 0.438 bits per heavy atom. The van der Waals surface area contributed by atoms with E-state index >= 15 is 0 Å². The molecule has 0 heterocycles. The van der Waals surface area contributed by atoms with Crippen molar-refractivity contribution in [1.29, 1.82) is 0 Å². The fraction of sp³-hybridized carbons (Fsp3) is 0.250. The minimum absolute atomic E-state index is 0.0276. The summed E-state index contributed by atoms with van der Waals surface area (Å²) in [5.41, 5.74) is 13.1. The summed E-state index contributed by atoms with van der Waals surface area (Å²) in [6, 6.07) is 38.3. The fourth-order valence-corrected chi connectivity index (χ4v) is 9.66. The molecule has 0 bridgehead atoms. The van der Waals surface area contributed by atoms with Gasteiger partial charge >= 0.3 is 0 Å². The van der Waals surface area contributed by atoms with Crippen LogP contribution >= 0.6 is 0 Å². The Morgan fingerprint density at radius 3 is 0.562 bits per heavy atom. The maximum absolute atomic E-state index is 2.49. The molecule has 2 fully saturated rings. The third-order valence-electron chi connectivity index (χ3n) is 10.6. The van der Waals surface area contributed by atoms with E-state index in [-0.39, 0.29) is 21.7 Å². The third kappa shape index (κ3) is 1.23. The summed E-state index contributed by atoms with van der Waals surface area (Å²) in [5.74, 6) is 0. The van der Waals surface area contributed by atoms with E-state index in [4.69, 9.17) is 0 Å². The number of fused-ring (bicyclic) bond motifs is 14. The Kier molecular flexibility index (Phi) is 2.47. The monoisotopic (exact) mass is 408 g/mol. The molecule has 0 heteroatoms. The zero-order valence-corrected chi connectivity index (χ0v) is 18.1. The summed E-state index contributed by atoms with van der Waals surface area (Å²) in [5, 5.41) is 0. The fourth-order valence-electron chi connectivity index (χ4n) is 9.66. The van der Waals surface area contributed by atoms with Gasteiger partial charge in [-0.3, -0.25) is 0 Å². The molecule has 0 atom stereocenters. The van der Waals surface area contributed by atoms with Gasteiger partial charge in [-0.05, 0) is 70.2 Å². The van der Waals surface area contributed by atoms with Crippen LogP contribution in [-0.2, 0) is 21.7 Å². The first-order chi connectivity index (χ1) is 15.8. The van der Waals surface area contributed by atoms with E-state index in [2.05, 4.69) is 97.1 Å². The van der Waals surface area contributed by atoms with Crippen LogP contribution in [0.3, 0.4) is 0 Å². The van der Waals surface area contributed by atoms with Gasteiger partial charge < -0.3 is 0 Å². The quantitative estimate of drug-likeness (QED) is 0.302. The molecule has 0 amide bonds. The molecule has 0 radical (unpaired) electrons. The van der Waals surface area contributed by atoms with E-state index in [1.54, 1.807) is 44.5 Å². The van der Waals surface area contributed by atoms with Gasteiger partial charge in [0.05, 0.1) is 0 Å². The maximum atomic E-state index is 2.49. The van der Waals surface area contributed by atoms with Crippen LogP contribution < -0.4 is 0 Å². The Hall–Kier alpha value is -3.12. The lowest BCUT2D eigenvalue weighted by atomic mass is 9.25. The molecule has 32 heavy (non-hydrogen) atoms. The average Bonchev–Trinajstić information content (AvgIpc) is 2.83. The van der Waals surface area contributed by atoms with E-state index in [0.29, 0.717) is 0 Å². The van der Waals surface area contributed by atoms with Crippen molar-refractivity contribution < 1.29 is 0 Å². The Balaban J connectivity index is 1.63. The highest BCUT2D eigenvalue weighted by Gasteiger charge is 2.78. The molecule has 4 aromatic rings. The van der Waals surface area contributed by atoms with Crippen molar-refractivity contribution in [3.8, 4) is 0 Å². The molecular formula is C32H24. The van der Waals surface area contributed by atoms with Crippen LogP contribution in [0.4, 0.5) is 0 Å². The van der Waals surface area contributed by atoms with E-state index in [9.17, 15) is 0 Å². The first-order valence-corrected chi connectivity index (χ1v) is 12.2. The molecule has 0 aromatic heterocycles. The number of hydrogen-bond donors (Lipinski definition) is 0. The van der Waals surface area contributed by atoms with Crippen molar-refractivity contribution in [2.75, 3.05) is 0 Å². The van der Waals surface area contributed by atoms with Crippen LogP contribution in [0.1, 0.15) is 70.2 Å². The third-order valence-corrected chi connectivity index (χ3v) is 10.6. The maximum Gasteiger partial charge on any atom is 0.0346 e. The van der Waals surface area contributed by atoms with Gasteiger partial charge in [0, 0.05) is 21.7 Å². The van der Waals surface area contributed by atoms with E-state index in [0.717, 1.165) is 0 Å². The minimum Gasteiger partial charge on any atom is -0.0619 e. The Bertz CT molecular complexity index is 1180. The minimum atomic E-state index is 0.0276. The van der Waals surface area contributed by atoms with Gasteiger partial charge in [0.15, 0.2) is 0 Å². The van der Waals surface area contributed by atoms with Crippen LogP contribution in [0, 0.1) is 0 Å². The first-order valence-electron chi connectivity index (χ1n) is 12.2. The lowest BCUT2D eigenvalue weighted by molar-refractivity contribution is 0.0584.